The van der Waals surface area contributed by atoms with E-state index in [-0.39, 0.29) is 18.9 Å². The number of ether oxygens (including phenoxy) is 1. The van der Waals surface area contributed by atoms with Crippen molar-refractivity contribution < 1.29 is 23.4 Å². The van der Waals surface area contributed by atoms with Gasteiger partial charge in [0.05, 0.1) is 31.3 Å². The lowest BCUT2D eigenvalue weighted by molar-refractivity contribution is 0.122. The largest absolute Gasteiger partial charge is 0.395 e. The van der Waals surface area contributed by atoms with E-state index in [1.807, 2.05) is 18.2 Å². The van der Waals surface area contributed by atoms with Crippen molar-refractivity contribution in [1.82, 2.24) is 15.3 Å². The third-order valence-electron chi connectivity index (χ3n) is 6.10. The summed E-state index contributed by atoms with van der Waals surface area (Å²) in [5.41, 5.74) is 1.77. The first-order valence-corrected chi connectivity index (χ1v) is 12.3. The number of urea groups is 1. The number of amides is 2. The van der Waals surface area contributed by atoms with Gasteiger partial charge in [-0.2, -0.15) is 0 Å². The van der Waals surface area contributed by atoms with Gasteiger partial charge >= 0.3 is 6.03 Å². The van der Waals surface area contributed by atoms with Gasteiger partial charge in [0, 0.05) is 42.4 Å². The molecule has 1 aliphatic heterocycles. The van der Waals surface area contributed by atoms with Crippen LogP contribution >= 0.6 is 0 Å². The SMILES string of the molecule is O=C(NCCO)Nc1ccc(-c2nc(N3CCOCC3)cc(C3(CS(=O)O)CCC3)n2)cc1. The molecule has 2 aliphatic rings. The van der Waals surface area contributed by atoms with Gasteiger partial charge < -0.3 is 29.9 Å². The van der Waals surface area contributed by atoms with Crippen LogP contribution in [0.3, 0.4) is 0 Å². The molecule has 178 valence electrons. The Morgan fingerprint density at radius 1 is 1.18 bits per heavy atom. The quantitative estimate of drug-likeness (QED) is 0.424. The Morgan fingerprint density at radius 2 is 1.91 bits per heavy atom. The number of aliphatic hydroxyl groups is 1. The van der Waals surface area contributed by atoms with E-state index in [4.69, 9.17) is 19.8 Å². The van der Waals surface area contributed by atoms with Crippen molar-refractivity contribution in [3.05, 3.63) is 36.0 Å². The molecule has 4 rings (SSSR count). The molecule has 0 radical (unpaired) electrons. The van der Waals surface area contributed by atoms with Crippen molar-refractivity contribution in [2.24, 2.45) is 0 Å². The summed E-state index contributed by atoms with van der Waals surface area (Å²) in [6, 6.07) is 8.76. The van der Waals surface area contributed by atoms with Gasteiger partial charge in [-0.05, 0) is 37.1 Å². The van der Waals surface area contributed by atoms with Gasteiger partial charge in [-0.3, -0.25) is 0 Å². The Morgan fingerprint density at radius 3 is 2.52 bits per heavy atom. The average molecular weight is 476 g/mol. The Bertz CT molecular complexity index is 993. The lowest BCUT2D eigenvalue weighted by Gasteiger charge is -2.41. The number of anilines is 2. The van der Waals surface area contributed by atoms with Crippen molar-refractivity contribution in [2.45, 2.75) is 24.7 Å². The lowest BCUT2D eigenvalue weighted by Crippen LogP contribution is -2.41. The maximum absolute atomic E-state index is 11.8. The third-order valence-corrected chi connectivity index (χ3v) is 6.90. The van der Waals surface area contributed by atoms with Gasteiger partial charge in [0.1, 0.15) is 5.82 Å². The van der Waals surface area contributed by atoms with Crippen molar-refractivity contribution in [1.29, 1.82) is 0 Å². The highest BCUT2D eigenvalue weighted by Crippen LogP contribution is 2.44. The summed E-state index contributed by atoms with van der Waals surface area (Å²) in [7, 11) is 0. The van der Waals surface area contributed by atoms with Crippen LogP contribution in [0, 0.1) is 0 Å². The van der Waals surface area contributed by atoms with Crippen LogP contribution in [-0.4, -0.2) is 75.1 Å². The topological polar surface area (TPSA) is 137 Å². The molecule has 1 aromatic heterocycles. The van der Waals surface area contributed by atoms with E-state index in [0.717, 1.165) is 49.4 Å². The minimum Gasteiger partial charge on any atom is -0.395 e. The summed E-state index contributed by atoms with van der Waals surface area (Å²) in [6.07, 6.45) is 2.65. The number of nitrogens with zero attached hydrogens (tertiary/aromatic N) is 3. The van der Waals surface area contributed by atoms with Crippen LogP contribution in [-0.2, 0) is 21.2 Å². The smallest absolute Gasteiger partial charge is 0.319 e. The second-order valence-electron chi connectivity index (χ2n) is 8.32. The van der Waals surface area contributed by atoms with Gasteiger partial charge in [-0.25, -0.2) is 19.0 Å². The molecule has 0 bridgehead atoms. The molecule has 11 heteroatoms. The minimum atomic E-state index is -1.91. The van der Waals surface area contributed by atoms with Gasteiger partial charge in [0.2, 0.25) is 0 Å². The first-order chi connectivity index (χ1) is 16.0. The highest BCUT2D eigenvalue weighted by Gasteiger charge is 2.42. The standard InChI is InChI=1S/C22H29N5O5S/c28-11-8-23-21(29)24-17-4-2-16(3-5-17)20-25-18(22(6-1-7-22)15-33(30)31)14-19(26-20)27-9-12-32-13-10-27/h2-5,14,28H,1,6-13,15H2,(H,30,31)(H2,23,24,29). The summed E-state index contributed by atoms with van der Waals surface area (Å²) in [6.45, 7) is 2.74. The predicted octanol–water partition coefficient (Wildman–Crippen LogP) is 1.74. The van der Waals surface area contributed by atoms with E-state index < -0.39 is 22.5 Å². The number of rotatable bonds is 8. The molecule has 1 atom stereocenters. The molecule has 1 aliphatic carbocycles. The average Bonchev–Trinajstić information content (AvgIpc) is 2.80. The first-order valence-electron chi connectivity index (χ1n) is 11.0. The first kappa shape index (κ1) is 23.6. The number of hydrogen-bond donors (Lipinski definition) is 4. The van der Waals surface area contributed by atoms with Gasteiger partial charge in [0.15, 0.2) is 16.9 Å². The van der Waals surface area contributed by atoms with Gasteiger partial charge in [0.25, 0.3) is 0 Å². The third kappa shape index (κ3) is 5.67. The zero-order valence-electron chi connectivity index (χ0n) is 18.3. The molecule has 0 spiro atoms. The highest BCUT2D eigenvalue weighted by molar-refractivity contribution is 7.79. The van der Waals surface area contributed by atoms with Crippen LogP contribution in [0.1, 0.15) is 25.0 Å². The molecule has 2 fully saturated rings. The summed E-state index contributed by atoms with van der Waals surface area (Å²) in [5.74, 6) is 1.50. The Kier molecular flexibility index (Phi) is 7.53. The normalized spacial score (nSPS) is 18.3. The Labute approximate surface area is 195 Å². The van der Waals surface area contributed by atoms with Crippen LogP contribution in [0.25, 0.3) is 11.4 Å². The van der Waals surface area contributed by atoms with E-state index in [9.17, 15) is 13.6 Å². The fraction of sp³-hybridized carbons (Fsp3) is 0.500. The summed E-state index contributed by atoms with van der Waals surface area (Å²) in [5, 5.41) is 14.1. The van der Waals surface area contributed by atoms with Crippen molar-refractivity contribution in [3.63, 3.8) is 0 Å². The second kappa shape index (κ2) is 10.6. The molecular weight excluding hydrogens is 446 g/mol. The van der Waals surface area contributed by atoms with E-state index in [0.29, 0.717) is 24.7 Å². The number of morpholine rings is 1. The molecule has 2 aromatic rings. The minimum absolute atomic E-state index is 0.128. The molecule has 33 heavy (non-hydrogen) atoms. The zero-order valence-corrected chi connectivity index (χ0v) is 19.1. The number of nitrogens with one attached hydrogen (secondary N) is 2. The van der Waals surface area contributed by atoms with Crippen LogP contribution in [0.2, 0.25) is 0 Å². The fourth-order valence-electron chi connectivity index (χ4n) is 4.15. The molecule has 1 unspecified atom stereocenters. The highest BCUT2D eigenvalue weighted by atomic mass is 32.2. The summed E-state index contributed by atoms with van der Waals surface area (Å²) in [4.78, 5) is 23.6. The van der Waals surface area contributed by atoms with E-state index in [1.165, 1.54) is 0 Å². The monoisotopic (exact) mass is 475 g/mol. The fourth-order valence-corrected chi connectivity index (χ4v) is 5.06. The number of benzene rings is 1. The van der Waals surface area contributed by atoms with E-state index in [1.54, 1.807) is 12.1 Å². The predicted molar refractivity (Wildman–Crippen MR) is 126 cm³/mol. The van der Waals surface area contributed by atoms with Crippen LogP contribution in [0.4, 0.5) is 16.3 Å². The Balaban J connectivity index is 1.64. The maximum Gasteiger partial charge on any atom is 0.319 e. The molecule has 2 heterocycles. The zero-order chi connectivity index (χ0) is 23.3. The number of aliphatic hydroxyl groups excluding tert-OH is 1. The van der Waals surface area contributed by atoms with Crippen molar-refractivity contribution in [2.75, 3.05) is 55.4 Å². The van der Waals surface area contributed by atoms with Gasteiger partial charge in [-0.15, -0.1) is 0 Å². The molecule has 4 N–H and O–H groups in total. The molecule has 1 saturated carbocycles. The van der Waals surface area contributed by atoms with Gasteiger partial charge in [-0.1, -0.05) is 6.42 Å². The number of carbonyl (C=O) groups is 1. The van der Waals surface area contributed by atoms with Crippen LogP contribution < -0.4 is 15.5 Å². The number of hydrogen-bond acceptors (Lipinski definition) is 7. The maximum atomic E-state index is 11.8. The number of aromatic nitrogens is 2. The molecular formula is C22H29N5O5S. The summed E-state index contributed by atoms with van der Waals surface area (Å²) >= 11 is -1.91. The lowest BCUT2D eigenvalue weighted by atomic mass is 9.68. The molecule has 1 aromatic carbocycles. The molecule has 2 amide bonds. The number of carbonyl (C=O) groups excluding carboxylic acids is 1. The summed E-state index contributed by atoms with van der Waals surface area (Å²) < 4.78 is 26.8. The van der Waals surface area contributed by atoms with E-state index >= 15 is 0 Å². The molecule has 1 saturated heterocycles. The molecule has 10 nitrogen and oxygen atoms in total. The van der Waals surface area contributed by atoms with Crippen LogP contribution in [0.5, 0.6) is 0 Å². The Hall–Kier alpha value is -2.60. The second-order valence-corrected chi connectivity index (χ2v) is 9.25. The van der Waals surface area contributed by atoms with Crippen LogP contribution in [0.15, 0.2) is 30.3 Å². The van der Waals surface area contributed by atoms with Crippen molar-refractivity contribution in [3.8, 4) is 11.4 Å². The van der Waals surface area contributed by atoms with E-state index in [2.05, 4.69) is 15.5 Å². The van der Waals surface area contributed by atoms with Crippen molar-refractivity contribution >= 4 is 28.6 Å².